The van der Waals surface area contributed by atoms with Crippen molar-refractivity contribution in [1.82, 2.24) is 0 Å². The van der Waals surface area contributed by atoms with Crippen molar-refractivity contribution in [3.63, 3.8) is 0 Å². The van der Waals surface area contributed by atoms with E-state index in [4.69, 9.17) is 0 Å². The fourth-order valence-electron chi connectivity index (χ4n) is 1.81. The van der Waals surface area contributed by atoms with Gasteiger partial charge in [0.15, 0.2) is 0 Å². The second kappa shape index (κ2) is 4.74. The van der Waals surface area contributed by atoms with Gasteiger partial charge in [0, 0.05) is 12.6 Å². The molecular formula is C14H15N. The van der Waals surface area contributed by atoms with Gasteiger partial charge in [-0.15, -0.1) is 0 Å². The van der Waals surface area contributed by atoms with Crippen LogP contribution in [0.1, 0.15) is 18.4 Å². The topological polar surface area (TPSA) is 12.4 Å². The standard InChI is InChI=1S/C14H15N/c1-15-14(12-8-4-2-5-9-12)13-10-6-3-7-11-13/h2,4-6,8-11H,3,7H2,1H3/b15-14-. The van der Waals surface area contributed by atoms with Crippen molar-refractivity contribution in [2.75, 3.05) is 7.05 Å². The monoisotopic (exact) mass is 197 g/mol. The Balaban J connectivity index is 2.34. The highest BCUT2D eigenvalue weighted by atomic mass is 14.7. The molecule has 0 atom stereocenters. The van der Waals surface area contributed by atoms with Crippen molar-refractivity contribution in [2.24, 2.45) is 4.99 Å². The van der Waals surface area contributed by atoms with Gasteiger partial charge in [-0.3, -0.25) is 4.99 Å². The molecule has 2 rings (SSSR count). The normalized spacial score (nSPS) is 16.3. The molecule has 0 heterocycles. The first-order chi connectivity index (χ1) is 7.42. The van der Waals surface area contributed by atoms with E-state index in [1.165, 1.54) is 11.1 Å². The van der Waals surface area contributed by atoms with Gasteiger partial charge >= 0.3 is 0 Å². The van der Waals surface area contributed by atoms with E-state index in [1.54, 1.807) is 0 Å². The molecule has 0 unspecified atom stereocenters. The number of hydrogen-bond donors (Lipinski definition) is 0. The molecule has 1 aliphatic rings. The fraction of sp³-hybridized carbons (Fsp3) is 0.214. The van der Waals surface area contributed by atoms with Crippen LogP contribution in [0, 0.1) is 0 Å². The molecule has 0 spiro atoms. The average molecular weight is 197 g/mol. The molecule has 1 aromatic rings. The molecule has 1 aliphatic carbocycles. The van der Waals surface area contributed by atoms with E-state index in [2.05, 4.69) is 35.4 Å². The first kappa shape index (κ1) is 9.91. The summed E-state index contributed by atoms with van der Waals surface area (Å²) in [5, 5.41) is 0. The number of hydrogen-bond acceptors (Lipinski definition) is 1. The van der Waals surface area contributed by atoms with E-state index in [0.29, 0.717) is 0 Å². The number of aliphatic imine (C=N–C) groups is 1. The molecule has 0 fully saturated rings. The van der Waals surface area contributed by atoms with E-state index >= 15 is 0 Å². The number of allylic oxidation sites excluding steroid dienone is 4. The molecule has 1 aromatic carbocycles. The Labute approximate surface area is 90.9 Å². The summed E-state index contributed by atoms with van der Waals surface area (Å²) >= 11 is 0. The zero-order valence-electron chi connectivity index (χ0n) is 8.98. The average Bonchev–Trinajstić information content (AvgIpc) is 2.33. The van der Waals surface area contributed by atoms with Crippen LogP contribution in [0.4, 0.5) is 0 Å². The van der Waals surface area contributed by atoms with Crippen LogP contribution >= 0.6 is 0 Å². The van der Waals surface area contributed by atoms with Crippen LogP contribution in [0.2, 0.25) is 0 Å². The molecule has 0 saturated carbocycles. The minimum atomic E-state index is 1.09. The quantitative estimate of drug-likeness (QED) is 0.644. The Hall–Kier alpha value is -1.63. The summed E-state index contributed by atoms with van der Waals surface area (Å²) in [6, 6.07) is 10.3. The highest BCUT2D eigenvalue weighted by molar-refractivity contribution is 6.14. The summed E-state index contributed by atoms with van der Waals surface area (Å²) < 4.78 is 0. The summed E-state index contributed by atoms with van der Waals surface area (Å²) in [5.41, 5.74) is 3.53. The molecule has 0 radical (unpaired) electrons. The van der Waals surface area contributed by atoms with Gasteiger partial charge < -0.3 is 0 Å². The number of nitrogens with zero attached hydrogens (tertiary/aromatic N) is 1. The lowest BCUT2D eigenvalue weighted by molar-refractivity contribution is 1.03. The summed E-state index contributed by atoms with van der Waals surface area (Å²) in [4.78, 5) is 4.38. The highest BCUT2D eigenvalue weighted by Crippen LogP contribution is 2.16. The summed E-state index contributed by atoms with van der Waals surface area (Å²) in [6.07, 6.45) is 8.91. The van der Waals surface area contributed by atoms with Gasteiger partial charge in [-0.1, -0.05) is 48.6 Å². The minimum Gasteiger partial charge on any atom is -0.287 e. The van der Waals surface area contributed by atoms with Crippen LogP contribution in [0.25, 0.3) is 0 Å². The van der Waals surface area contributed by atoms with E-state index in [1.807, 2.05) is 25.2 Å². The van der Waals surface area contributed by atoms with Gasteiger partial charge in [-0.25, -0.2) is 0 Å². The van der Waals surface area contributed by atoms with Crippen molar-refractivity contribution < 1.29 is 0 Å². The Morgan fingerprint density at radius 2 is 1.93 bits per heavy atom. The van der Waals surface area contributed by atoms with E-state index < -0.39 is 0 Å². The van der Waals surface area contributed by atoms with Gasteiger partial charge in [0.1, 0.15) is 0 Å². The van der Waals surface area contributed by atoms with E-state index in [0.717, 1.165) is 18.6 Å². The zero-order valence-corrected chi connectivity index (χ0v) is 8.98. The van der Waals surface area contributed by atoms with Crippen molar-refractivity contribution >= 4 is 5.71 Å². The van der Waals surface area contributed by atoms with Crippen LogP contribution in [0.15, 0.2) is 59.1 Å². The largest absolute Gasteiger partial charge is 0.287 e. The molecule has 0 aromatic heterocycles. The SMILES string of the molecule is C/N=C(\C1=CCCC=C1)c1ccccc1. The maximum Gasteiger partial charge on any atom is 0.0712 e. The summed E-state index contributed by atoms with van der Waals surface area (Å²) in [5.74, 6) is 0. The number of rotatable bonds is 2. The predicted molar refractivity (Wildman–Crippen MR) is 65.4 cm³/mol. The second-order valence-corrected chi connectivity index (χ2v) is 3.58. The molecule has 15 heavy (non-hydrogen) atoms. The van der Waals surface area contributed by atoms with E-state index in [9.17, 15) is 0 Å². The predicted octanol–water partition coefficient (Wildman–Crippen LogP) is 3.38. The van der Waals surface area contributed by atoms with Crippen molar-refractivity contribution in [1.29, 1.82) is 0 Å². The molecule has 0 amide bonds. The van der Waals surface area contributed by atoms with Crippen molar-refractivity contribution in [3.05, 3.63) is 59.7 Å². The Kier molecular flexibility index (Phi) is 3.13. The van der Waals surface area contributed by atoms with Gasteiger partial charge in [0.05, 0.1) is 5.71 Å². The van der Waals surface area contributed by atoms with Gasteiger partial charge in [-0.2, -0.15) is 0 Å². The van der Waals surface area contributed by atoms with Crippen LogP contribution in [0.3, 0.4) is 0 Å². The molecule has 0 N–H and O–H groups in total. The first-order valence-corrected chi connectivity index (χ1v) is 5.31. The Morgan fingerprint density at radius 3 is 2.53 bits per heavy atom. The third-order valence-corrected chi connectivity index (χ3v) is 2.54. The Morgan fingerprint density at radius 1 is 1.13 bits per heavy atom. The lowest BCUT2D eigenvalue weighted by atomic mass is 9.97. The second-order valence-electron chi connectivity index (χ2n) is 3.58. The summed E-state index contributed by atoms with van der Waals surface area (Å²) in [7, 11) is 1.85. The van der Waals surface area contributed by atoms with Crippen molar-refractivity contribution in [2.45, 2.75) is 12.8 Å². The third kappa shape index (κ3) is 2.24. The van der Waals surface area contributed by atoms with Crippen LogP contribution in [-0.4, -0.2) is 12.8 Å². The van der Waals surface area contributed by atoms with E-state index in [-0.39, 0.29) is 0 Å². The summed E-state index contributed by atoms with van der Waals surface area (Å²) in [6.45, 7) is 0. The molecule has 0 aliphatic heterocycles. The molecule has 76 valence electrons. The highest BCUT2D eigenvalue weighted by Gasteiger charge is 2.07. The minimum absolute atomic E-state index is 1.09. The van der Waals surface area contributed by atoms with Crippen LogP contribution in [0.5, 0.6) is 0 Å². The molecule has 1 heteroatoms. The van der Waals surface area contributed by atoms with Gasteiger partial charge in [-0.05, 0) is 18.4 Å². The fourth-order valence-corrected chi connectivity index (χ4v) is 1.81. The maximum atomic E-state index is 4.38. The smallest absolute Gasteiger partial charge is 0.0712 e. The van der Waals surface area contributed by atoms with Gasteiger partial charge in [0.25, 0.3) is 0 Å². The zero-order chi connectivity index (χ0) is 10.5. The first-order valence-electron chi connectivity index (χ1n) is 5.31. The van der Waals surface area contributed by atoms with Gasteiger partial charge in [0.2, 0.25) is 0 Å². The van der Waals surface area contributed by atoms with Crippen LogP contribution < -0.4 is 0 Å². The van der Waals surface area contributed by atoms with Crippen molar-refractivity contribution in [3.8, 4) is 0 Å². The molecule has 0 bridgehead atoms. The van der Waals surface area contributed by atoms with Crippen LogP contribution in [-0.2, 0) is 0 Å². The molecular weight excluding hydrogens is 182 g/mol. The lowest BCUT2D eigenvalue weighted by Gasteiger charge is -2.10. The Bertz CT molecular complexity index is 410. The third-order valence-electron chi connectivity index (χ3n) is 2.54. The number of benzene rings is 1. The lowest BCUT2D eigenvalue weighted by Crippen LogP contribution is -2.04. The molecule has 1 nitrogen and oxygen atoms in total. The molecule has 0 saturated heterocycles. The maximum absolute atomic E-state index is 4.38.